The van der Waals surface area contributed by atoms with Crippen LogP contribution in [0, 0.1) is 0 Å². The molecule has 1 heterocycles. The number of hydrogen-bond donors (Lipinski definition) is 1. The molecule has 1 aromatic carbocycles. The highest BCUT2D eigenvalue weighted by molar-refractivity contribution is 5.28. The first-order valence-corrected chi connectivity index (χ1v) is 6.67. The van der Waals surface area contributed by atoms with E-state index in [2.05, 4.69) is 33.9 Å². The SMILES string of the molecule is CCCNCc1nccn1Cc1cccc(OC)c1. The molecule has 0 fully saturated rings. The van der Waals surface area contributed by atoms with Crippen LogP contribution in [-0.4, -0.2) is 23.2 Å². The van der Waals surface area contributed by atoms with Gasteiger partial charge in [0, 0.05) is 18.9 Å². The van der Waals surface area contributed by atoms with E-state index in [0.29, 0.717) is 0 Å². The molecule has 2 rings (SSSR count). The summed E-state index contributed by atoms with van der Waals surface area (Å²) < 4.78 is 7.41. The molecule has 4 nitrogen and oxygen atoms in total. The molecule has 1 N–H and O–H groups in total. The van der Waals surface area contributed by atoms with Crippen molar-refractivity contribution < 1.29 is 4.74 Å². The highest BCUT2D eigenvalue weighted by Crippen LogP contribution is 2.14. The van der Waals surface area contributed by atoms with Crippen LogP contribution in [0.15, 0.2) is 36.7 Å². The zero-order valence-electron chi connectivity index (χ0n) is 11.6. The summed E-state index contributed by atoms with van der Waals surface area (Å²) in [4.78, 5) is 4.40. The van der Waals surface area contributed by atoms with Gasteiger partial charge in [-0.3, -0.25) is 0 Å². The van der Waals surface area contributed by atoms with E-state index in [1.54, 1.807) is 7.11 Å². The Morgan fingerprint density at radius 2 is 2.26 bits per heavy atom. The van der Waals surface area contributed by atoms with Crippen molar-refractivity contribution in [2.45, 2.75) is 26.4 Å². The average Bonchev–Trinajstić information content (AvgIpc) is 2.87. The van der Waals surface area contributed by atoms with Crippen molar-refractivity contribution in [3.05, 3.63) is 48.0 Å². The van der Waals surface area contributed by atoms with E-state index in [9.17, 15) is 0 Å². The molecule has 0 aliphatic heterocycles. The molecule has 0 saturated heterocycles. The van der Waals surface area contributed by atoms with Crippen LogP contribution in [0.5, 0.6) is 5.75 Å². The van der Waals surface area contributed by atoms with Crippen LogP contribution >= 0.6 is 0 Å². The van der Waals surface area contributed by atoms with Gasteiger partial charge in [-0.15, -0.1) is 0 Å². The standard InChI is InChI=1S/C15H21N3O/c1-3-7-16-11-15-17-8-9-18(15)12-13-5-4-6-14(10-13)19-2/h4-6,8-10,16H,3,7,11-12H2,1-2H3. The largest absolute Gasteiger partial charge is 0.497 e. The number of nitrogens with zero attached hydrogens (tertiary/aromatic N) is 2. The van der Waals surface area contributed by atoms with Gasteiger partial charge in [-0.25, -0.2) is 4.98 Å². The van der Waals surface area contributed by atoms with Crippen molar-refractivity contribution in [2.75, 3.05) is 13.7 Å². The smallest absolute Gasteiger partial charge is 0.122 e. The monoisotopic (exact) mass is 259 g/mol. The number of rotatable bonds is 7. The Hall–Kier alpha value is -1.81. The third-order valence-electron chi connectivity index (χ3n) is 3.00. The Balaban J connectivity index is 2.03. The molecule has 0 saturated carbocycles. The molecule has 0 aliphatic carbocycles. The van der Waals surface area contributed by atoms with Gasteiger partial charge in [-0.2, -0.15) is 0 Å². The second kappa shape index (κ2) is 6.95. The van der Waals surface area contributed by atoms with Gasteiger partial charge < -0.3 is 14.6 Å². The van der Waals surface area contributed by atoms with E-state index in [0.717, 1.165) is 37.6 Å². The molecule has 0 spiro atoms. The van der Waals surface area contributed by atoms with Crippen LogP contribution in [0.4, 0.5) is 0 Å². The third-order valence-corrected chi connectivity index (χ3v) is 3.00. The minimum absolute atomic E-state index is 0.810. The van der Waals surface area contributed by atoms with Gasteiger partial charge in [-0.05, 0) is 30.7 Å². The summed E-state index contributed by atoms with van der Waals surface area (Å²) in [7, 11) is 1.69. The number of hydrogen-bond acceptors (Lipinski definition) is 3. The summed E-state index contributed by atoms with van der Waals surface area (Å²) >= 11 is 0. The van der Waals surface area contributed by atoms with Crippen molar-refractivity contribution in [2.24, 2.45) is 0 Å². The van der Waals surface area contributed by atoms with Gasteiger partial charge in [0.2, 0.25) is 0 Å². The zero-order valence-corrected chi connectivity index (χ0v) is 11.6. The highest BCUT2D eigenvalue weighted by atomic mass is 16.5. The van der Waals surface area contributed by atoms with Crippen LogP contribution < -0.4 is 10.1 Å². The molecule has 4 heteroatoms. The predicted octanol–water partition coefficient (Wildman–Crippen LogP) is 2.44. The molecule has 0 amide bonds. The number of benzene rings is 1. The summed E-state index contributed by atoms with van der Waals surface area (Å²) in [6, 6.07) is 8.14. The van der Waals surface area contributed by atoms with Crippen LogP contribution in [-0.2, 0) is 13.1 Å². The molecule has 1 aromatic heterocycles. The van der Waals surface area contributed by atoms with Gasteiger partial charge >= 0.3 is 0 Å². The summed E-state index contributed by atoms with van der Waals surface area (Å²) in [6.07, 6.45) is 5.00. The number of aromatic nitrogens is 2. The van der Waals surface area contributed by atoms with Crippen molar-refractivity contribution >= 4 is 0 Å². The second-order valence-corrected chi connectivity index (χ2v) is 4.50. The molecule has 0 unspecified atom stereocenters. The van der Waals surface area contributed by atoms with E-state index >= 15 is 0 Å². The Morgan fingerprint density at radius 1 is 1.37 bits per heavy atom. The second-order valence-electron chi connectivity index (χ2n) is 4.50. The molecular formula is C15H21N3O. The molecule has 0 bridgehead atoms. The molecule has 19 heavy (non-hydrogen) atoms. The van der Waals surface area contributed by atoms with Crippen molar-refractivity contribution in [3.8, 4) is 5.75 Å². The maximum absolute atomic E-state index is 5.25. The van der Waals surface area contributed by atoms with Gasteiger partial charge in [-0.1, -0.05) is 19.1 Å². The lowest BCUT2D eigenvalue weighted by atomic mass is 10.2. The first-order chi connectivity index (χ1) is 9.33. The summed E-state index contributed by atoms with van der Waals surface area (Å²) in [5.41, 5.74) is 1.22. The fraction of sp³-hybridized carbons (Fsp3) is 0.400. The van der Waals surface area contributed by atoms with Crippen molar-refractivity contribution in [1.82, 2.24) is 14.9 Å². The number of nitrogens with one attached hydrogen (secondary N) is 1. The Morgan fingerprint density at radius 3 is 3.05 bits per heavy atom. The summed E-state index contributed by atoms with van der Waals surface area (Å²) in [6.45, 7) is 4.81. The first kappa shape index (κ1) is 13.6. The maximum atomic E-state index is 5.25. The van der Waals surface area contributed by atoms with Crippen molar-refractivity contribution in [1.29, 1.82) is 0 Å². The number of imidazole rings is 1. The zero-order chi connectivity index (χ0) is 13.5. The van der Waals surface area contributed by atoms with E-state index in [1.807, 2.05) is 24.5 Å². The van der Waals surface area contributed by atoms with Crippen LogP contribution in [0.25, 0.3) is 0 Å². The van der Waals surface area contributed by atoms with Gasteiger partial charge in [0.1, 0.15) is 11.6 Å². The van der Waals surface area contributed by atoms with E-state index < -0.39 is 0 Å². The van der Waals surface area contributed by atoms with E-state index in [1.165, 1.54) is 5.56 Å². The quantitative estimate of drug-likeness (QED) is 0.776. The Bertz CT molecular complexity index is 508. The Labute approximate surface area is 114 Å². The highest BCUT2D eigenvalue weighted by Gasteiger charge is 2.03. The molecule has 0 aliphatic rings. The topological polar surface area (TPSA) is 39.1 Å². The number of methoxy groups -OCH3 is 1. The predicted molar refractivity (Wildman–Crippen MR) is 76.3 cm³/mol. The summed E-state index contributed by atoms with van der Waals surface area (Å²) in [5, 5.41) is 3.38. The van der Waals surface area contributed by atoms with Gasteiger partial charge in [0.15, 0.2) is 0 Å². The normalized spacial score (nSPS) is 10.6. The van der Waals surface area contributed by atoms with E-state index in [-0.39, 0.29) is 0 Å². The molecule has 2 aromatic rings. The van der Waals surface area contributed by atoms with Crippen LogP contribution in [0.1, 0.15) is 24.7 Å². The molecule has 0 radical (unpaired) electrons. The fourth-order valence-electron chi connectivity index (χ4n) is 2.00. The third kappa shape index (κ3) is 3.83. The summed E-state index contributed by atoms with van der Waals surface area (Å²) in [5.74, 6) is 1.96. The molecule has 102 valence electrons. The maximum Gasteiger partial charge on any atom is 0.122 e. The Kier molecular flexibility index (Phi) is 4.98. The van der Waals surface area contributed by atoms with E-state index in [4.69, 9.17) is 4.74 Å². The molecular weight excluding hydrogens is 238 g/mol. The first-order valence-electron chi connectivity index (χ1n) is 6.67. The minimum atomic E-state index is 0.810. The molecule has 0 atom stereocenters. The van der Waals surface area contributed by atoms with Crippen molar-refractivity contribution in [3.63, 3.8) is 0 Å². The van der Waals surface area contributed by atoms with Crippen LogP contribution in [0.3, 0.4) is 0 Å². The number of ether oxygens (including phenoxy) is 1. The lowest BCUT2D eigenvalue weighted by Crippen LogP contribution is -2.17. The van der Waals surface area contributed by atoms with Gasteiger partial charge in [0.25, 0.3) is 0 Å². The van der Waals surface area contributed by atoms with Gasteiger partial charge in [0.05, 0.1) is 13.7 Å². The minimum Gasteiger partial charge on any atom is -0.497 e. The average molecular weight is 259 g/mol. The lowest BCUT2D eigenvalue weighted by Gasteiger charge is -2.09. The fourth-order valence-corrected chi connectivity index (χ4v) is 2.00. The lowest BCUT2D eigenvalue weighted by molar-refractivity contribution is 0.414. The van der Waals surface area contributed by atoms with Crippen LogP contribution in [0.2, 0.25) is 0 Å².